The summed E-state index contributed by atoms with van der Waals surface area (Å²) in [5.41, 5.74) is 5.52. The minimum absolute atomic E-state index is 0.0897. The topological polar surface area (TPSA) is 63.8 Å². The molecular weight excluding hydrogens is 258 g/mol. The van der Waals surface area contributed by atoms with Crippen LogP contribution in [0.1, 0.15) is 0 Å². The largest absolute Gasteiger partial charge is 0.373 e. The van der Waals surface area contributed by atoms with E-state index in [1.165, 1.54) is 12.1 Å². The second kappa shape index (κ2) is 5.18. The van der Waals surface area contributed by atoms with Gasteiger partial charge in [-0.3, -0.25) is 0 Å². The lowest BCUT2D eigenvalue weighted by atomic mass is 10.3. The monoisotopic (exact) mass is 268 g/mol. The predicted octanol–water partition coefficient (Wildman–Crippen LogP) is 2.53. The first-order valence-electron chi connectivity index (χ1n) is 5.03. The maximum atomic E-state index is 13.5. The van der Waals surface area contributed by atoms with Gasteiger partial charge >= 0.3 is 0 Å². The molecule has 1 heterocycles. The van der Waals surface area contributed by atoms with E-state index in [9.17, 15) is 8.78 Å². The maximum Gasteiger partial charge on any atom is 0.223 e. The average molecular weight is 268 g/mol. The summed E-state index contributed by atoms with van der Waals surface area (Å²) >= 11 is 1.05. The van der Waals surface area contributed by atoms with E-state index in [1.807, 2.05) is 0 Å². The number of rotatable bonds is 3. The van der Waals surface area contributed by atoms with Gasteiger partial charge in [-0.15, -0.1) is 0 Å². The number of aromatic nitrogens is 2. The van der Waals surface area contributed by atoms with Crippen molar-refractivity contribution in [1.29, 1.82) is 0 Å². The third kappa shape index (κ3) is 2.86. The third-order valence-corrected chi connectivity index (χ3v) is 3.05. The number of nitrogens with two attached hydrogens (primary N) is 1. The number of nitrogens with one attached hydrogen (secondary N) is 1. The van der Waals surface area contributed by atoms with Crippen LogP contribution >= 0.6 is 11.8 Å². The zero-order valence-electron chi connectivity index (χ0n) is 9.45. The van der Waals surface area contributed by atoms with Crippen molar-refractivity contribution in [3.8, 4) is 0 Å². The van der Waals surface area contributed by atoms with Crippen molar-refractivity contribution in [1.82, 2.24) is 9.97 Å². The van der Waals surface area contributed by atoms with Gasteiger partial charge in [0.05, 0.1) is 0 Å². The number of hydrogen-bond acceptors (Lipinski definition) is 5. The van der Waals surface area contributed by atoms with Gasteiger partial charge in [0, 0.05) is 24.1 Å². The average Bonchev–Trinajstić information content (AvgIpc) is 2.32. The van der Waals surface area contributed by atoms with Crippen LogP contribution < -0.4 is 11.1 Å². The van der Waals surface area contributed by atoms with Crippen LogP contribution in [-0.2, 0) is 0 Å². The first-order valence-corrected chi connectivity index (χ1v) is 5.85. The number of hydrogen-bond donors (Lipinski definition) is 2. The lowest BCUT2D eigenvalue weighted by Crippen LogP contribution is -2.00. The molecule has 0 fully saturated rings. The summed E-state index contributed by atoms with van der Waals surface area (Å²) in [6.45, 7) is 0. The Kier molecular flexibility index (Phi) is 3.61. The van der Waals surface area contributed by atoms with Crippen molar-refractivity contribution in [2.24, 2.45) is 0 Å². The molecule has 1 aromatic carbocycles. The molecule has 0 saturated carbocycles. The summed E-state index contributed by atoms with van der Waals surface area (Å²) < 4.78 is 26.2. The number of nitrogens with zero attached hydrogens (tertiary/aromatic N) is 2. The van der Waals surface area contributed by atoms with Crippen LogP contribution in [0.4, 0.5) is 20.5 Å². The molecule has 0 aliphatic heterocycles. The Labute approximate surface area is 107 Å². The Hall–Kier alpha value is -1.89. The zero-order chi connectivity index (χ0) is 13.1. The number of nitrogen functional groups attached to an aromatic ring is 1. The molecule has 0 unspecified atom stereocenters. The molecule has 18 heavy (non-hydrogen) atoms. The van der Waals surface area contributed by atoms with Gasteiger partial charge in [0.15, 0.2) is 0 Å². The van der Waals surface area contributed by atoms with Gasteiger partial charge in [0.2, 0.25) is 5.95 Å². The SMILES string of the molecule is CNc1cc(Sc2ccc(F)cc2F)nc(N)n1. The quantitative estimate of drug-likeness (QED) is 0.837. The van der Waals surface area contributed by atoms with Crippen molar-refractivity contribution in [2.45, 2.75) is 9.92 Å². The standard InChI is InChI=1S/C11H10F2N4S/c1-15-9-5-10(17-11(14)16-9)18-8-3-2-6(12)4-7(8)13/h2-5H,1H3,(H3,14,15,16,17). The molecule has 0 bridgehead atoms. The fraction of sp³-hybridized carbons (Fsp3) is 0.0909. The third-order valence-electron chi connectivity index (χ3n) is 2.08. The molecule has 0 aliphatic rings. The molecular formula is C11H10F2N4S. The normalized spacial score (nSPS) is 10.4. The summed E-state index contributed by atoms with van der Waals surface area (Å²) in [5.74, 6) is -0.627. The lowest BCUT2D eigenvalue weighted by molar-refractivity contribution is 0.565. The molecule has 0 spiro atoms. The van der Waals surface area contributed by atoms with E-state index in [0.717, 1.165) is 17.8 Å². The Morgan fingerprint density at radius 1 is 1.22 bits per heavy atom. The number of benzene rings is 1. The second-order valence-corrected chi connectivity index (χ2v) is 4.44. The molecule has 4 nitrogen and oxygen atoms in total. The first-order chi connectivity index (χ1) is 8.58. The smallest absolute Gasteiger partial charge is 0.223 e. The van der Waals surface area contributed by atoms with Crippen molar-refractivity contribution in [3.05, 3.63) is 35.9 Å². The minimum Gasteiger partial charge on any atom is -0.373 e. The summed E-state index contributed by atoms with van der Waals surface area (Å²) in [5, 5.41) is 3.30. The highest BCUT2D eigenvalue weighted by Gasteiger charge is 2.08. The van der Waals surface area contributed by atoms with Crippen LogP contribution in [0.15, 0.2) is 34.2 Å². The Morgan fingerprint density at radius 3 is 2.67 bits per heavy atom. The number of halogens is 2. The number of anilines is 2. The van der Waals surface area contributed by atoms with Crippen LogP contribution in [0.5, 0.6) is 0 Å². The van der Waals surface area contributed by atoms with Crippen LogP contribution in [0.25, 0.3) is 0 Å². The highest BCUT2D eigenvalue weighted by atomic mass is 32.2. The van der Waals surface area contributed by atoms with Crippen molar-refractivity contribution >= 4 is 23.5 Å². The van der Waals surface area contributed by atoms with Crippen LogP contribution in [0.2, 0.25) is 0 Å². The van der Waals surface area contributed by atoms with Crippen molar-refractivity contribution in [3.63, 3.8) is 0 Å². The summed E-state index contributed by atoms with van der Waals surface area (Å²) in [4.78, 5) is 8.16. The molecule has 94 valence electrons. The van der Waals surface area contributed by atoms with Gasteiger partial charge < -0.3 is 11.1 Å². The first kappa shape index (κ1) is 12.6. The van der Waals surface area contributed by atoms with E-state index in [2.05, 4.69) is 15.3 Å². The molecule has 0 atom stereocenters. The molecule has 3 N–H and O–H groups in total. The summed E-state index contributed by atoms with van der Waals surface area (Å²) in [6, 6.07) is 5.00. The van der Waals surface area contributed by atoms with Crippen LogP contribution in [0, 0.1) is 11.6 Å². The fourth-order valence-corrected chi connectivity index (χ4v) is 2.12. The molecule has 0 radical (unpaired) electrons. The van der Waals surface area contributed by atoms with Gasteiger partial charge in [0.25, 0.3) is 0 Å². The van der Waals surface area contributed by atoms with Gasteiger partial charge in [-0.2, -0.15) is 4.98 Å². The van der Waals surface area contributed by atoms with Crippen LogP contribution in [-0.4, -0.2) is 17.0 Å². The molecule has 0 aliphatic carbocycles. The second-order valence-electron chi connectivity index (χ2n) is 3.38. The Balaban J connectivity index is 2.30. The van der Waals surface area contributed by atoms with E-state index in [0.29, 0.717) is 10.8 Å². The molecule has 2 aromatic rings. The maximum absolute atomic E-state index is 13.5. The van der Waals surface area contributed by atoms with E-state index < -0.39 is 11.6 Å². The lowest BCUT2D eigenvalue weighted by Gasteiger charge is -2.05. The molecule has 2 rings (SSSR count). The molecule has 0 saturated heterocycles. The van der Waals surface area contributed by atoms with Gasteiger partial charge in [0.1, 0.15) is 22.5 Å². The zero-order valence-corrected chi connectivity index (χ0v) is 10.3. The summed E-state index contributed by atoms with van der Waals surface area (Å²) in [7, 11) is 1.69. The minimum atomic E-state index is -0.636. The molecule has 7 heteroatoms. The van der Waals surface area contributed by atoms with E-state index in [4.69, 9.17) is 5.73 Å². The molecule has 0 amide bonds. The summed E-state index contributed by atoms with van der Waals surface area (Å²) in [6.07, 6.45) is 0. The predicted molar refractivity (Wildman–Crippen MR) is 66.5 cm³/mol. The van der Waals surface area contributed by atoms with Gasteiger partial charge in [-0.25, -0.2) is 13.8 Å². The Morgan fingerprint density at radius 2 is 2.00 bits per heavy atom. The van der Waals surface area contributed by atoms with Crippen molar-refractivity contribution < 1.29 is 8.78 Å². The Bertz CT molecular complexity index is 577. The molecule has 1 aromatic heterocycles. The van der Waals surface area contributed by atoms with E-state index in [-0.39, 0.29) is 10.8 Å². The van der Waals surface area contributed by atoms with E-state index >= 15 is 0 Å². The highest BCUT2D eigenvalue weighted by molar-refractivity contribution is 7.99. The van der Waals surface area contributed by atoms with Crippen molar-refractivity contribution in [2.75, 3.05) is 18.1 Å². The van der Waals surface area contributed by atoms with Gasteiger partial charge in [-0.05, 0) is 12.1 Å². The van der Waals surface area contributed by atoms with Gasteiger partial charge in [-0.1, -0.05) is 11.8 Å². The van der Waals surface area contributed by atoms with Crippen LogP contribution in [0.3, 0.4) is 0 Å². The fourth-order valence-electron chi connectivity index (χ4n) is 1.29. The van der Waals surface area contributed by atoms with E-state index in [1.54, 1.807) is 13.1 Å². The highest BCUT2D eigenvalue weighted by Crippen LogP contribution is 2.30.